The Bertz CT molecular complexity index is 2540. The van der Waals surface area contributed by atoms with Crippen LogP contribution in [0.15, 0.2) is 156 Å². The average Bonchev–Trinajstić information content (AvgIpc) is 3.51. The van der Waals surface area contributed by atoms with Gasteiger partial charge in [-0.05, 0) is 56.9 Å². The van der Waals surface area contributed by atoms with Crippen molar-refractivity contribution in [2.45, 2.75) is 0 Å². The lowest BCUT2D eigenvalue weighted by atomic mass is 9.96. The van der Waals surface area contributed by atoms with Gasteiger partial charge < -0.3 is 4.42 Å². The van der Waals surface area contributed by atoms with E-state index in [1.807, 2.05) is 66.7 Å². The standard InChI is InChI=1S/C41H25N3O/c1-3-10-26(11-4-1)29-22-23-32-30(24-29)20-18-27-19-21-31(25-35(27)32)40-42-39(28-12-5-2-6-13-28)43-41(44-40)34-15-9-17-37-38(34)33-14-7-8-16-36(33)45-37/h1-25H. The normalized spacial score (nSPS) is 11.6. The van der Waals surface area contributed by atoms with Gasteiger partial charge in [-0.2, -0.15) is 0 Å². The topological polar surface area (TPSA) is 51.8 Å². The molecule has 0 N–H and O–H groups in total. The Morgan fingerprint density at radius 2 is 1.00 bits per heavy atom. The van der Waals surface area contributed by atoms with Gasteiger partial charge in [0.25, 0.3) is 0 Å². The van der Waals surface area contributed by atoms with Gasteiger partial charge in [-0.1, -0.05) is 127 Å². The summed E-state index contributed by atoms with van der Waals surface area (Å²) in [5.74, 6) is 1.87. The average molecular weight is 576 g/mol. The molecule has 4 heteroatoms. The van der Waals surface area contributed by atoms with Crippen LogP contribution in [-0.4, -0.2) is 15.0 Å². The molecule has 0 aliphatic heterocycles. The van der Waals surface area contributed by atoms with Crippen LogP contribution in [0.3, 0.4) is 0 Å². The zero-order valence-corrected chi connectivity index (χ0v) is 24.2. The number of hydrogen-bond donors (Lipinski definition) is 0. The summed E-state index contributed by atoms with van der Waals surface area (Å²) in [4.78, 5) is 15.2. The van der Waals surface area contributed by atoms with E-state index in [4.69, 9.17) is 19.4 Å². The molecule has 0 aliphatic carbocycles. The number of aromatic nitrogens is 3. The molecule has 7 aromatic carbocycles. The van der Waals surface area contributed by atoms with Gasteiger partial charge in [0, 0.05) is 27.5 Å². The molecule has 0 saturated heterocycles. The SMILES string of the molecule is c1ccc(-c2ccc3c(ccc4ccc(-c5nc(-c6ccccc6)nc(-c6cccc7oc8ccccc8c67)n5)cc43)c2)cc1. The van der Waals surface area contributed by atoms with Gasteiger partial charge in [-0.3, -0.25) is 0 Å². The van der Waals surface area contributed by atoms with Crippen LogP contribution >= 0.6 is 0 Å². The quantitative estimate of drug-likeness (QED) is 0.196. The molecule has 0 atom stereocenters. The second-order valence-electron chi connectivity index (χ2n) is 11.3. The smallest absolute Gasteiger partial charge is 0.164 e. The van der Waals surface area contributed by atoms with Gasteiger partial charge in [-0.15, -0.1) is 0 Å². The molecular weight excluding hydrogens is 550 g/mol. The molecule has 0 radical (unpaired) electrons. The van der Waals surface area contributed by atoms with E-state index < -0.39 is 0 Å². The Hall–Kier alpha value is -6.13. The summed E-state index contributed by atoms with van der Waals surface area (Å²) in [6.07, 6.45) is 0. The minimum atomic E-state index is 0.613. The molecule has 0 unspecified atom stereocenters. The van der Waals surface area contributed by atoms with Gasteiger partial charge >= 0.3 is 0 Å². The van der Waals surface area contributed by atoms with Crippen LogP contribution in [0, 0.1) is 0 Å². The molecule has 210 valence electrons. The number of furan rings is 1. The van der Waals surface area contributed by atoms with E-state index in [1.165, 1.54) is 27.3 Å². The Labute approximate surface area is 259 Å². The van der Waals surface area contributed by atoms with Crippen LogP contribution in [0.5, 0.6) is 0 Å². The number of benzene rings is 7. The van der Waals surface area contributed by atoms with E-state index in [1.54, 1.807) is 0 Å². The van der Waals surface area contributed by atoms with Crippen molar-refractivity contribution in [1.82, 2.24) is 15.0 Å². The summed E-state index contributed by atoms with van der Waals surface area (Å²) in [5.41, 5.74) is 6.85. The maximum atomic E-state index is 6.20. The summed E-state index contributed by atoms with van der Waals surface area (Å²) in [5, 5.41) is 6.77. The highest BCUT2D eigenvalue weighted by molar-refractivity contribution is 6.12. The molecular formula is C41H25N3O. The summed E-state index contributed by atoms with van der Waals surface area (Å²) in [7, 11) is 0. The van der Waals surface area contributed by atoms with Gasteiger partial charge in [0.05, 0.1) is 0 Å². The molecule has 2 aromatic heterocycles. The Morgan fingerprint density at radius 3 is 1.84 bits per heavy atom. The largest absolute Gasteiger partial charge is 0.456 e. The van der Waals surface area contributed by atoms with Crippen LogP contribution in [0.4, 0.5) is 0 Å². The van der Waals surface area contributed by atoms with Crippen molar-refractivity contribution >= 4 is 43.5 Å². The number of para-hydroxylation sites is 1. The van der Waals surface area contributed by atoms with Crippen molar-refractivity contribution in [1.29, 1.82) is 0 Å². The minimum Gasteiger partial charge on any atom is -0.456 e. The lowest BCUT2D eigenvalue weighted by Gasteiger charge is -2.11. The molecule has 0 fully saturated rings. The third kappa shape index (κ3) is 4.35. The van der Waals surface area contributed by atoms with Crippen molar-refractivity contribution in [3.8, 4) is 45.3 Å². The monoisotopic (exact) mass is 575 g/mol. The Morgan fingerprint density at radius 1 is 0.356 bits per heavy atom. The summed E-state index contributed by atoms with van der Waals surface area (Å²) < 4.78 is 6.20. The van der Waals surface area contributed by atoms with Crippen LogP contribution in [0.25, 0.3) is 88.8 Å². The van der Waals surface area contributed by atoms with Crippen molar-refractivity contribution in [2.75, 3.05) is 0 Å². The summed E-state index contributed by atoms with van der Waals surface area (Å²) >= 11 is 0. The highest BCUT2D eigenvalue weighted by atomic mass is 16.3. The Kier molecular flexibility index (Phi) is 5.78. The Balaban J connectivity index is 1.25. The number of nitrogens with zero attached hydrogens (tertiary/aromatic N) is 3. The molecule has 9 rings (SSSR count). The van der Waals surface area contributed by atoms with Crippen molar-refractivity contribution < 1.29 is 4.42 Å². The lowest BCUT2D eigenvalue weighted by molar-refractivity contribution is 0.669. The van der Waals surface area contributed by atoms with Crippen LogP contribution in [0.2, 0.25) is 0 Å². The molecule has 0 bridgehead atoms. The van der Waals surface area contributed by atoms with E-state index in [9.17, 15) is 0 Å². The molecule has 0 amide bonds. The number of fused-ring (bicyclic) bond motifs is 6. The van der Waals surface area contributed by atoms with E-state index in [2.05, 4.69) is 84.9 Å². The fourth-order valence-electron chi connectivity index (χ4n) is 6.31. The van der Waals surface area contributed by atoms with Crippen LogP contribution in [0.1, 0.15) is 0 Å². The maximum absolute atomic E-state index is 6.20. The predicted molar refractivity (Wildman–Crippen MR) is 184 cm³/mol. The second-order valence-corrected chi connectivity index (χ2v) is 11.3. The van der Waals surface area contributed by atoms with Gasteiger partial charge in [0.2, 0.25) is 0 Å². The third-order valence-electron chi connectivity index (χ3n) is 8.51. The van der Waals surface area contributed by atoms with E-state index >= 15 is 0 Å². The highest BCUT2D eigenvalue weighted by Gasteiger charge is 2.18. The van der Waals surface area contributed by atoms with Crippen LogP contribution < -0.4 is 0 Å². The van der Waals surface area contributed by atoms with Crippen molar-refractivity contribution in [3.63, 3.8) is 0 Å². The first-order chi connectivity index (χ1) is 22.3. The first-order valence-electron chi connectivity index (χ1n) is 15.0. The van der Waals surface area contributed by atoms with E-state index in [-0.39, 0.29) is 0 Å². The minimum absolute atomic E-state index is 0.613. The van der Waals surface area contributed by atoms with Crippen molar-refractivity contribution in [2.24, 2.45) is 0 Å². The van der Waals surface area contributed by atoms with E-state index in [0.717, 1.165) is 44.0 Å². The predicted octanol–water partition coefficient (Wildman–Crippen LogP) is 10.7. The van der Waals surface area contributed by atoms with Gasteiger partial charge in [0.15, 0.2) is 17.5 Å². The first-order valence-corrected chi connectivity index (χ1v) is 15.0. The molecule has 4 nitrogen and oxygen atoms in total. The molecule has 45 heavy (non-hydrogen) atoms. The number of rotatable bonds is 4. The molecule has 2 heterocycles. The molecule has 9 aromatic rings. The van der Waals surface area contributed by atoms with Gasteiger partial charge in [-0.25, -0.2) is 15.0 Å². The fourth-order valence-corrected chi connectivity index (χ4v) is 6.31. The highest BCUT2D eigenvalue weighted by Crippen LogP contribution is 2.37. The summed E-state index contributed by atoms with van der Waals surface area (Å²) in [6, 6.07) is 52.3. The molecule has 0 spiro atoms. The molecule has 0 aliphatic rings. The van der Waals surface area contributed by atoms with Crippen LogP contribution in [-0.2, 0) is 0 Å². The summed E-state index contributed by atoms with van der Waals surface area (Å²) in [6.45, 7) is 0. The van der Waals surface area contributed by atoms with Crippen molar-refractivity contribution in [3.05, 3.63) is 152 Å². The maximum Gasteiger partial charge on any atom is 0.164 e. The first kappa shape index (κ1) is 25.4. The van der Waals surface area contributed by atoms with E-state index in [0.29, 0.717) is 17.5 Å². The lowest BCUT2D eigenvalue weighted by Crippen LogP contribution is -2.00. The third-order valence-corrected chi connectivity index (χ3v) is 8.51. The van der Waals surface area contributed by atoms with Gasteiger partial charge in [0.1, 0.15) is 11.2 Å². The molecule has 0 saturated carbocycles. The zero-order chi connectivity index (χ0) is 29.7. The fraction of sp³-hybridized carbons (Fsp3) is 0. The zero-order valence-electron chi connectivity index (χ0n) is 24.2. The second kappa shape index (κ2) is 10.2. The number of hydrogen-bond acceptors (Lipinski definition) is 4.